The van der Waals surface area contributed by atoms with Crippen molar-refractivity contribution in [3.63, 3.8) is 0 Å². The fourth-order valence-electron chi connectivity index (χ4n) is 7.51. The van der Waals surface area contributed by atoms with Crippen LogP contribution in [0.3, 0.4) is 0 Å². The van der Waals surface area contributed by atoms with Gasteiger partial charge in [-0.15, -0.1) is 0 Å². The van der Waals surface area contributed by atoms with Crippen molar-refractivity contribution in [2.45, 2.75) is 205 Å². The molecule has 0 aromatic carbocycles. The molecule has 8 atom stereocenters. The van der Waals surface area contributed by atoms with Crippen LogP contribution >= 0.6 is 15.6 Å². The van der Waals surface area contributed by atoms with Crippen LogP contribution in [0.15, 0.2) is 102 Å². The molecule has 21 heteroatoms. The predicted molar refractivity (Wildman–Crippen MR) is 294 cm³/mol. The number of nitrogen functional groups attached to an aromatic ring is 1. The van der Waals surface area contributed by atoms with Gasteiger partial charge in [-0.25, -0.2) is 13.9 Å². The maximum Gasteiger partial charge on any atom is 0.481 e. The third-order valence-corrected chi connectivity index (χ3v) is 14.4. The van der Waals surface area contributed by atoms with Crippen molar-refractivity contribution >= 4 is 33.4 Å². The highest BCUT2D eigenvalue weighted by molar-refractivity contribution is 7.61. The molecule has 0 radical (unpaired) electrons. The lowest BCUT2D eigenvalue weighted by atomic mass is 10.1. The number of nitrogens with two attached hydrogens (primary N) is 1. The molecule has 76 heavy (non-hydrogen) atoms. The fourth-order valence-corrected chi connectivity index (χ4v) is 9.62. The molecule has 1 aromatic heterocycles. The van der Waals surface area contributed by atoms with Gasteiger partial charge >= 0.3 is 33.3 Å². The minimum Gasteiger partial charge on any atom is -0.462 e. The van der Waals surface area contributed by atoms with Gasteiger partial charge in [0.2, 0.25) is 0 Å². The molecular formula is C55H89N3O16P2. The number of nitrogens with zero attached hydrogens (tertiary/aromatic N) is 2. The predicted octanol–water partition coefficient (Wildman–Crippen LogP) is 10.8. The van der Waals surface area contributed by atoms with E-state index in [0.717, 1.165) is 81.4 Å². The molecule has 0 saturated carbocycles. The van der Waals surface area contributed by atoms with Gasteiger partial charge in [0, 0.05) is 19.0 Å². The third-order valence-electron chi connectivity index (χ3n) is 11.8. The Labute approximate surface area is 450 Å². The first kappa shape index (κ1) is 68.0. The molecule has 0 bridgehead atoms. The molecule has 1 aromatic rings. The number of aliphatic hydroxyl groups is 3. The van der Waals surface area contributed by atoms with Gasteiger partial charge in [0.25, 0.3) is 0 Å². The van der Waals surface area contributed by atoms with Crippen molar-refractivity contribution in [2.24, 2.45) is 0 Å². The SMILES string of the molecule is CCCCC/C=C\C[C@H](O)/C=C/C=C\C/C=C\CCCC(=O)O[C@H](COC(=O)CCCCCCCC/C=C\C/C=C\C/C=C\CCCCCC)COP(=O)(O)OP(=O)(O)OC[C@H]1O[C@@H](n2ccc(N)nc2=O)[C@H](O)[C@@H]1O. The van der Waals surface area contributed by atoms with E-state index in [-0.39, 0.29) is 18.7 Å². The van der Waals surface area contributed by atoms with E-state index in [1.54, 1.807) is 12.2 Å². The van der Waals surface area contributed by atoms with Gasteiger partial charge in [-0.1, -0.05) is 157 Å². The number of hydrogen-bond donors (Lipinski definition) is 6. The van der Waals surface area contributed by atoms with E-state index >= 15 is 0 Å². The number of ether oxygens (including phenoxy) is 3. The van der Waals surface area contributed by atoms with Crippen molar-refractivity contribution in [1.82, 2.24) is 9.55 Å². The Morgan fingerprint density at radius 2 is 1.24 bits per heavy atom. The number of esters is 2. The summed E-state index contributed by atoms with van der Waals surface area (Å²) in [5, 5.41) is 31.0. The maximum atomic E-state index is 12.9. The largest absolute Gasteiger partial charge is 0.481 e. The molecule has 2 heterocycles. The minimum atomic E-state index is -5.46. The number of carbonyl (C=O) groups is 2. The van der Waals surface area contributed by atoms with Gasteiger partial charge in [0.05, 0.1) is 19.3 Å². The van der Waals surface area contributed by atoms with Crippen LogP contribution < -0.4 is 11.4 Å². The molecule has 0 aliphatic carbocycles. The van der Waals surface area contributed by atoms with Crippen molar-refractivity contribution in [3.05, 3.63) is 108 Å². The zero-order chi connectivity index (χ0) is 55.7. The normalized spacial score (nSPS) is 19.8. The monoisotopic (exact) mass is 1110 g/mol. The zero-order valence-electron chi connectivity index (χ0n) is 44.9. The molecule has 2 unspecified atom stereocenters. The summed E-state index contributed by atoms with van der Waals surface area (Å²) < 4.78 is 56.8. The lowest BCUT2D eigenvalue weighted by molar-refractivity contribution is -0.161. The third kappa shape index (κ3) is 33.9. The van der Waals surface area contributed by atoms with Gasteiger partial charge in [-0.05, 0) is 89.5 Å². The van der Waals surface area contributed by atoms with Crippen LogP contribution in [0.2, 0.25) is 0 Å². The van der Waals surface area contributed by atoms with Gasteiger partial charge in [0.1, 0.15) is 30.7 Å². The van der Waals surface area contributed by atoms with Crippen LogP contribution in [0.5, 0.6) is 0 Å². The van der Waals surface area contributed by atoms with Gasteiger partial charge < -0.3 is 45.1 Å². The van der Waals surface area contributed by atoms with Crippen LogP contribution in [0, 0.1) is 0 Å². The fraction of sp³-hybridized carbons (Fsp3) is 0.636. The molecule has 0 amide bonds. The topological polar surface area (TPSA) is 286 Å². The van der Waals surface area contributed by atoms with Crippen LogP contribution in [-0.4, -0.2) is 96.9 Å². The number of aliphatic hydroxyl groups excluding tert-OH is 3. The summed E-state index contributed by atoms with van der Waals surface area (Å²) in [7, 11) is -10.9. The lowest BCUT2D eigenvalue weighted by Gasteiger charge is -2.21. The Morgan fingerprint density at radius 1 is 0.697 bits per heavy atom. The van der Waals surface area contributed by atoms with E-state index in [2.05, 4.69) is 65.7 Å². The first-order valence-corrected chi connectivity index (χ1v) is 30.2. The Kier molecular flexibility index (Phi) is 37.5. The van der Waals surface area contributed by atoms with E-state index in [4.69, 9.17) is 29.0 Å². The van der Waals surface area contributed by atoms with Gasteiger partial charge in [-0.2, -0.15) is 9.29 Å². The summed E-state index contributed by atoms with van der Waals surface area (Å²) in [5.41, 5.74) is 4.58. The molecular weight excluding hydrogens is 1020 g/mol. The van der Waals surface area contributed by atoms with Crippen molar-refractivity contribution in [2.75, 3.05) is 25.6 Å². The van der Waals surface area contributed by atoms with Crippen LogP contribution in [0.4, 0.5) is 5.82 Å². The quantitative estimate of drug-likeness (QED) is 0.0116. The molecule has 2 rings (SSSR count). The lowest BCUT2D eigenvalue weighted by Crippen LogP contribution is -2.36. The highest BCUT2D eigenvalue weighted by atomic mass is 31.3. The van der Waals surface area contributed by atoms with E-state index in [0.29, 0.717) is 32.1 Å². The second-order valence-electron chi connectivity index (χ2n) is 18.6. The molecule has 1 aliphatic rings. The smallest absolute Gasteiger partial charge is 0.462 e. The summed E-state index contributed by atoms with van der Waals surface area (Å²) in [6.07, 6.45) is 42.5. The second kappa shape index (κ2) is 41.9. The summed E-state index contributed by atoms with van der Waals surface area (Å²) in [6.45, 7) is 1.97. The average Bonchev–Trinajstić information content (AvgIpc) is 3.65. The first-order valence-electron chi connectivity index (χ1n) is 27.2. The molecule has 19 nitrogen and oxygen atoms in total. The summed E-state index contributed by atoms with van der Waals surface area (Å²) in [5.74, 6) is -1.43. The zero-order valence-corrected chi connectivity index (χ0v) is 46.7. The number of phosphoric ester groups is 2. The number of anilines is 1. The average molecular weight is 1110 g/mol. The second-order valence-corrected chi connectivity index (χ2v) is 21.6. The number of unbranched alkanes of at least 4 members (excludes halogenated alkanes) is 14. The number of hydrogen-bond acceptors (Lipinski definition) is 16. The van der Waals surface area contributed by atoms with Gasteiger partial charge in [0.15, 0.2) is 12.3 Å². The van der Waals surface area contributed by atoms with Crippen LogP contribution in [-0.2, 0) is 46.3 Å². The number of allylic oxidation sites excluding steroid dienone is 12. The van der Waals surface area contributed by atoms with Gasteiger partial charge in [-0.3, -0.25) is 23.2 Å². The highest BCUT2D eigenvalue weighted by Gasteiger charge is 2.46. The van der Waals surface area contributed by atoms with Crippen molar-refractivity contribution in [1.29, 1.82) is 0 Å². The Bertz CT molecular complexity index is 2120. The van der Waals surface area contributed by atoms with Crippen molar-refractivity contribution < 1.29 is 71.4 Å². The van der Waals surface area contributed by atoms with E-state index < -0.39 is 89.8 Å². The molecule has 1 fully saturated rings. The Hall–Kier alpha value is -4.10. The van der Waals surface area contributed by atoms with Crippen molar-refractivity contribution in [3.8, 4) is 0 Å². The Balaban J connectivity index is 1.82. The van der Waals surface area contributed by atoms with E-state index in [9.17, 15) is 48.6 Å². The standard InChI is InChI=1S/C55H89N3O16P2/c1-3-5-7-9-11-12-13-14-15-16-17-18-19-20-21-22-23-27-31-35-39-50(60)69-43-47(72-51(61)40-36-32-28-25-24-26-30-34-38-46(59)37-33-29-10-8-6-4-2)44-70-75(65,66)74-76(67,68)71-45-48-52(62)53(63)54(73-48)58-42-41-49(56)57-55(58)64/h12-13,15-16,18-19,25-26,28-30,33-34,38,41-42,46-48,52-54,59,62-63H,3-11,14,17,20-24,27,31-32,35-37,39-40,43-45H2,1-2H3,(H,65,66)(H,67,68)(H2,56,57,64)/b13-12-,16-15-,19-18-,28-25-,30-26-,33-29-,38-34+/t46-,47+,48+,52+,53+,54+/m0/s1. The molecule has 1 aliphatic heterocycles. The number of carbonyl (C=O) groups excluding carboxylic acids is 2. The first-order chi connectivity index (χ1) is 36.6. The maximum absolute atomic E-state index is 12.9. The molecule has 430 valence electrons. The molecule has 1 saturated heterocycles. The summed E-state index contributed by atoms with van der Waals surface area (Å²) in [4.78, 5) is 62.0. The van der Waals surface area contributed by atoms with E-state index in [1.165, 1.54) is 44.6 Å². The highest BCUT2D eigenvalue weighted by Crippen LogP contribution is 2.60. The number of phosphoric acid groups is 2. The minimum absolute atomic E-state index is 0.0651. The number of aromatic nitrogens is 2. The van der Waals surface area contributed by atoms with Crippen LogP contribution in [0.1, 0.15) is 174 Å². The Morgan fingerprint density at radius 3 is 1.89 bits per heavy atom. The molecule has 0 spiro atoms. The summed E-state index contributed by atoms with van der Waals surface area (Å²) >= 11 is 0. The molecule has 7 N–H and O–H groups in total. The van der Waals surface area contributed by atoms with E-state index in [1.807, 2.05) is 30.4 Å². The summed E-state index contributed by atoms with van der Waals surface area (Å²) in [6, 6.07) is 1.24. The van der Waals surface area contributed by atoms with Crippen LogP contribution in [0.25, 0.3) is 0 Å². The number of rotatable bonds is 44.